The van der Waals surface area contributed by atoms with E-state index in [0.717, 1.165) is 63.1 Å². The highest BCUT2D eigenvalue weighted by molar-refractivity contribution is 7.93. The molecule has 2 aromatic carbocycles. The standard InChI is InChI=1S/C26H35N5O4S/c1-19-7-9-22(28-20(2)32)25(17-19)36(34,35)29-23-18-21(26(33)31-13-5-3-4-6-14-31)8-10-24(23)30-15-11-27-12-16-30/h7-10,17-18,27,29H,3-6,11-16H2,1-2H3,(H,28,32). The number of carbonyl (C=O) groups is 2. The van der Waals surface area contributed by atoms with Gasteiger partial charge in [0.2, 0.25) is 5.91 Å². The molecule has 0 spiro atoms. The highest BCUT2D eigenvalue weighted by atomic mass is 32.2. The first-order valence-electron chi connectivity index (χ1n) is 12.5. The molecule has 0 aliphatic carbocycles. The van der Waals surface area contributed by atoms with Gasteiger partial charge in [0.1, 0.15) is 4.90 Å². The van der Waals surface area contributed by atoms with Gasteiger partial charge < -0.3 is 20.4 Å². The van der Waals surface area contributed by atoms with Crippen LogP contribution in [0.15, 0.2) is 41.3 Å². The lowest BCUT2D eigenvalue weighted by molar-refractivity contribution is -0.114. The van der Waals surface area contributed by atoms with Crippen molar-refractivity contribution in [3.8, 4) is 0 Å². The maximum atomic E-state index is 13.6. The van der Waals surface area contributed by atoms with Gasteiger partial charge >= 0.3 is 0 Å². The average Bonchev–Trinajstić information content (AvgIpc) is 3.14. The van der Waals surface area contributed by atoms with Gasteiger partial charge in [0.15, 0.2) is 0 Å². The SMILES string of the molecule is CC(=O)Nc1ccc(C)cc1S(=O)(=O)Nc1cc(C(=O)N2CCCCCC2)ccc1N1CCNCC1. The Hall–Kier alpha value is -3.11. The summed E-state index contributed by atoms with van der Waals surface area (Å²) >= 11 is 0. The minimum Gasteiger partial charge on any atom is -0.367 e. The van der Waals surface area contributed by atoms with Crippen LogP contribution in [0.1, 0.15) is 48.5 Å². The molecule has 3 N–H and O–H groups in total. The number of piperazine rings is 1. The van der Waals surface area contributed by atoms with Crippen LogP contribution in [-0.2, 0) is 14.8 Å². The van der Waals surface area contributed by atoms with Gasteiger partial charge in [-0.3, -0.25) is 14.3 Å². The zero-order valence-corrected chi connectivity index (χ0v) is 21.8. The second-order valence-corrected chi connectivity index (χ2v) is 11.1. The summed E-state index contributed by atoms with van der Waals surface area (Å²) in [5, 5.41) is 5.92. The number of rotatable bonds is 6. The van der Waals surface area contributed by atoms with E-state index in [-0.39, 0.29) is 22.4 Å². The Morgan fingerprint density at radius 2 is 1.58 bits per heavy atom. The Kier molecular flexibility index (Phi) is 8.15. The molecule has 0 atom stereocenters. The van der Waals surface area contributed by atoms with Gasteiger partial charge in [0.25, 0.3) is 15.9 Å². The zero-order chi connectivity index (χ0) is 25.7. The summed E-state index contributed by atoms with van der Waals surface area (Å²) in [6.45, 7) is 7.56. The largest absolute Gasteiger partial charge is 0.367 e. The Labute approximate surface area is 213 Å². The summed E-state index contributed by atoms with van der Waals surface area (Å²) in [6.07, 6.45) is 4.18. The van der Waals surface area contributed by atoms with Crippen LogP contribution in [0, 0.1) is 6.92 Å². The number of benzene rings is 2. The summed E-state index contributed by atoms with van der Waals surface area (Å²) in [7, 11) is -4.08. The van der Waals surface area contributed by atoms with Crippen LogP contribution in [0.4, 0.5) is 17.1 Å². The minimum absolute atomic E-state index is 0.0202. The number of likely N-dealkylation sites (tertiary alicyclic amines) is 1. The van der Waals surface area contributed by atoms with Crippen molar-refractivity contribution in [1.29, 1.82) is 0 Å². The predicted octanol–water partition coefficient (Wildman–Crippen LogP) is 3.18. The third-order valence-corrected chi connectivity index (χ3v) is 7.98. The molecule has 0 radical (unpaired) electrons. The highest BCUT2D eigenvalue weighted by Crippen LogP contribution is 2.32. The first-order chi connectivity index (χ1) is 17.2. The molecule has 0 unspecified atom stereocenters. The van der Waals surface area contributed by atoms with Crippen molar-refractivity contribution < 1.29 is 18.0 Å². The lowest BCUT2D eigenvalue weighted by atomic mass is 10.1. The van der Waals surface area contributed by atoms with E-state index in [2.05, 4.69) is 20.3 Å². The quantitative estimate of drug-likeness (QED) is 0.547. The van der Waals surface area contributed by atoms with Gasteiger partial charge in [-0.2, -0.15) is 0 Å². The van der Waals surface area contributed by atoms with E-state index in [1.807, 2.05) is 11.0 Å². The second-order valence-electron chi connectivity index (χ2n) is 9.46. The predicted molar refractivity (Wildman–Crippen MR) is 142 cm³/mol. The molecule has 36 heavy (non-hydrogen) atoms. The van der Waals surface area contributed by atoms with Crippen LogP contribution in [0.25, 0.3) is 0 Å². The number of nitrogens with one attached hydrogen (secondary N) is 3. The molecule has 9 nitrogen and oxygen atoms in total. The van der Waals surface area contributed by atoms with Crippen molar-refractivity contribution in [2.24, 2.45) is 0 Å². The van der Waals surface area contributed by atoms with E-state index in [1.54, 1.807) is 31.2 Å². The summed E-state index contributed by atoms with van der Waals surface area (Å²) in [4.78, 5) is 29.0. The minimum atomic E-state index is -4.08. The van der Waals surface area contributed by atoms with Gasteiger partial charge in [0, 0.05) is 51.8 Å². The topological polar surface area (TPSA) is 111 Å². The zero-order valence-electron chi connectivity index (χ0n) is 21.0. The summed E-state index contributed by atoms with van der Waals surface area (Å²) in [6, 6.07) is 10.1. The molecule has 10 heteroatoms. The van der Waals surface area contributed by atoms with E-state index < -0.39 is 10.0 Å². The summed E-state index contributed by atoms with van der Waals surface area (Å²) in [5.41, 5.74) is 2.49. The number of sulfonamides is 1. The Bertz CT molecular complexity index is 1220. The van der Waals surface area contributed by atoms with Crippen molar-refractivity contribution in [2.75, 3.05) is 54.2 Å². The van der Waals surface area contributed by atoms with Gasteiger partial charge in [-0.1, -0.05) is 18.9 Å². The average molecular weight is 514 g/mol. The lowest BCUT2D eigenvalue weighted by Crippen LogP contribution is -2.43. The maximum absolute atomic E-state index is 13.6. The molecule has 2 aliphatic rings. The fourth-order valence-corrected chi connectivity index (χ4v) is 6.05. The van der Waals surface area contributed by atoms with Crippen molar-refractivity contribution in [2.45, 2.75) is 44.4 Å². The van der Waals surface area contributed by atoms with Crippen molar-refractivity contribution >= 4 is 38.9 Å². The normalized spacial score (nSPS) is 16.8. The van der Waals surface area contributed by atoms with E-state index in [9.17, 15) is 18.0 Å². The van der Waals surface area contributed by atoms with E-state index in [4.69, 9.17) is 0 Å². The van der Waals surface area contributed by atoms with Crippen LogP contribution in [0.2, 0.25) is 0 Å². The van der Waals surface area contributed by atoms with E-state index in [0.29, 0.717) is 24.3 Å². The first-order valence-corrected chi connectivity index (χ1v) is 14.0. The lowest BCUT2D eigenvalue weighted by Gasteiger charge is -2.31. The molecule has 194 valence electrons. The van der Waals surface area contributed by atoms with Crippen molar-refractivity contribution in [3.63, 3.8) is 0 Å². The van der Waals surface area contributed by atoms with Crippen LogP contribution in [0.5, 0.6) is 0 Å². The van der Waals surface area contributed by atoms with Crippen LogP contribution in [0.3, 0.4) is 0 Å². The molecular weight excluding hydrogens is 478 g/mol. The first kappa shape index (κ1) is 26.0. The number of nitrogens with zero attached hydrogens (tertiary/aromatic N) is 2. The molecule has 2 amide bonds. The number of hydrogen-bond donors (Lipinski definition) is 3. The molecule has 2 saturated heterocycles. The Balaban J connectivity index is 1.72. The number of hydrogen-bond acceptors (Lipinski definition) is 6. The van der Waals surface area contributed by atoms with Gasteiger partial charge in [-0.15, -0.1) is 0 Å². The molecule has 0 saturated carbocycles. The second kappa shape index (κ2) is 11.3. The number of aryl methyl sites for hydroxylation is 1. The molecule has 2 aliphatic heterocycles. The number of amides is 2. The van der Waals surface area contributed by atoms with E-state index >= 15 is 0 Å². The molecular formula is C26H35N5O4S. The van der Waals surface area contributed by atoms with Gasteiger partial charge in [-0.05, 0) is 55.7 Å². The fraction of sp³-hybridized carbons (Fsp3) is 0.462. The van der Waals surface area contributed by atoms with Gasteiger partial charge in [0.05, 0.1) is 17.1 Å². The third-order valence-electron chi connectivity index (χ3n) is 6.58. The summed E-state index contributed by atoms with van der Waals surface area (Å²) < 4.78 is 30.0. The molecule has 2 aromatic rings. The maximum Gasteiger partial charge on any atom is 0.264 e. The Morgan fingerprint density at radius 3 is 2.25 bits per heavy atom. The van der Waals surface area contributed by atoms with Crippen LogP contribution in [-0.4, -0.2) is 64.4 Å². The Morgan fingerprint density at radius 1 is 0.889 bits per heavy atom. The summed E-state index contributed by atoms with van der Waals surface area (Å²) in [5.74, 6) is -0.444. The monoisotopic (exact) mass is 513 g/mol. The molecule has 4 rings (SSSR count). The smallest absolute Gasteiger partial charge is 0.264 e. The van der Waals surface area contributed by atoms with Crippen LogP contribution < -0.4 is 20.3 Å². The molecule has 2 heterocycles. The van der Waals surface area contributed by atoms with Gasteiger partial charge in [-0.25, -0.2) is 8.42 Å². The number of carbonyl (C=O) groups excluding carboxylic acids is 2. The molecule has 0 aromatic heterocycles. The van der Waals surface area contributed by atoms with Crippen molar-refractivity contribution in [1.82, 2.24) is 10.2 Å². The van der Waals surface area contributed by atoms with Crippen LogP contribution >= 0.6 is 0 Å². The fourth-order valence-electron chi connectivity index (χ4n) is 4.73. The highest BCUT2D eigenvalue weighted by Gasteiger charge is 2.25. The van der Waals surface area contributed by atoms with E-state index in [1.165, 1.54) is 13.0 Å². The number of anilines is 3. The molecule has 0 bridgehead atoms. The molecule has 2 fully saturated rings. The van der Waals surface area contributed by atoms with Crippen molar-refractivity contribution in [3.05, 3.63) is 47.5 Å². The third kappa shape index (κ3) is 6.17.